The van der Waals surface area contributed by atoms with E-state index < -0.39 is 12.2 Å². The fourth-order valence-electron chi connectivity index (χ4n) is 1.82. The summed E-state index contributed by atoms with van der Waals surface area (Å²) in [5, 5.41) is 0. The third-order valence-electron chi connectivity index (χ3n) is 3.14. The minimum atomic E-state index is -4.37. The van der Waals surface area contributed by atoms with E-state index in [1.807, 2.05) is 6.92 Å². The summed E-state index contributed by atoms with van der Waals surface area (Å²) in [6.45, 7) is 3.59. The van der Waals surface area contributed by atoms with E-state index >= 15 is 0 Å². The lowest BCUT2D eigenvalue weighted by molar-refractivity contribution is -0.149. The summed E-state index contributed by atoms with van der Waals surface area (Å²) in [7, 11) is 1.72. The van der Waals surface area contributed by atoms with Gasteiger partial charge in [-0.05, 0) is 25.5 Å². The van der Waals surface area contributed by atoms with Crippen LogP contribution in [-0.2, 0) is 7.05 Å². The molecule has 126 valence electrons. The predicted molar refractivity (Wildman–Crippen MR) is 87.8 cm³/mol. The monoisotopic (exact) mass is 344 g/mol. The van der Waals surface area contributed by atoms with E-state index in [2.05, 4.69) is 12.6 Å². The number of hydrogen-bond donors (Lipinski definition) is 2. The number of alkyl halides is 3. The summed E-state index contributed by atoms with van der Waals surface area (Å²) in [6, 6.07) is 5.89. The Morgan fingerprint density at radius 2 is 1.70 bits per heavy atom. The van der Waals surface area contributed by atoms with Crippen LogP contribution in [0.25, 0.3) is 0 Å². The van der Waals surface area contributed by atoms with Crippen LogP contribution in [0.4, 0.5) is 13.2 Å². The predicted octanol–water partition coefficient (Wildman–Crippen LogP) is 3.54. The van der Waals surface area contributed by atoms with Crippen molar-refractivity contribution in [2.75, 3.05) is 0 Å². The molecule has 7 heteroatoms. The standard InChI is InChI=1S/C9H10F3N.C7H9NOS/c1-6-2-4-7(5-3-6)8(13)9(10,11)12;1-5-3-6(10)4-8(2)7(5)9/h2-5,8H,13H2,1H3;3-4,10H,1-2H3/t8-;/m1./s1. The molecule has 0 saturated heterocycles. The normalized spacial score (nSPS) is 12.3. The third-order valence-corrected chi connectivity index (χ3v) is 3.38. The van der Waals surface area contributed by atoms with Gasteiger partial charge < -0.3 is 10.3 Å². The van der Waals surface area contributed by atoms with Crippen LogP contribution in [0.2, 0.25) is 0 Å². The van der Waals surface area contributed by atoms with E-state index in [0.29, 0.717) is 0 Å². The van der Waals surface area contributed by atoms with Crippen LogP contribution in [0.5, 0.6) is 0 Å². The van der Waals surface area contributed by atoms with Gasteiger partial charge in [-0.15, -0.1) is 12.6 Å². The van der Waals surface area contributed by atoms with Crippen LogP contribution in [0.15, 0.2) is 46.2 Å². The lowest BCUT2D eigenvalue weighted by atomic mass is 10.1. The smallest absolute Gasteiger partial charge is 0.317 e. The molecule has 0 radical (unpaired) electrons. The van der Waals surface area contributed by atoms with Crippen LogP contribution in [0.3, 0.4) is 0 Å². The Labute approximate surface area is 138 Å². The SMILES string of the molecule is Cc1cc(S)cn(C)c1=O.Cc1ccc([C@@H](N)C(F)(F)F)cc1. The molecule has 0 aliphatic carbocycles. The molecule has 2 N–H and O–H groups in total. The van der Waals surface area contributed by atoms with Gasteiger partial charge >= 0.3 is 6.18 Å². The number of nitrogens with two attached hydrogens (primary N) is 1. The zero-order valence-electron chi connectivity index (χ0n) is 13.1. The van der Waals surface area contributed by atoms with Gasteiger partial charge in [-0.2, -0.15) is 13.2 Å². The molecule has 0 aliphatic heterocycles. The zero-order chi connectivity index (χ0) is 17.8. The highest BCUT2D eigenvalue weighted by Gasteiger charge is 2.37. The number of halogens is 3. The Morgan fingerprint density at radius 1 is 1.17 bits per heavy atom. The molecule has 3 nitrogen and oxygen atoms in total. The van der Waals surface area contributed by atoms with E-state index in [9.17, 15) is 18.0 Å². The number of rotatable bonds is 1. The van der Waals surface area contributed by atoms with Crippen molar-refractivity contribution in [2.24, 2.45) is 12.8 Å². The second-order valence-electron chi connectivity index (χ2n) is 5.23. The van der Waals surface area contributed by atoms with Crippen molar-refractivity contribution in [2.45, 2.75) is 31.0 Å². The first-order valence-corrected chi connectivity index (χ1v) is 7.22. The zero-order valence-corrected chi connectivity index (χ0v) is 13.9. The fraction of sp³-hybridized carbons (Fsp3) is 0.312. The van der Waals surface area contributed by atoms with Crippen LogP contribution >= 0.6 is 12.6 Å². The van der Waals surface area contributed by atoms with E-state index in [4.69, 9.17) is 5.73 Å². The molecular formula is C16H19F3N2OS. The van der Waals surface area contributed by atoms with Crippen molar-refractivity contribution in [1.82, 2.24) is 4.57 Å². The summed E-state index contributed by atoms with van der Waals surface area (Å²) in [6.07, 6.45) is -2.67. The maximum Gasteiger partial charge on any atom is 0.407 e. The molecule has 2 rings (SSSR count). The third kappa shape index (κ3) is 5.76. The first-order chi connectivity index (χ1) is 10.5. The number of hydrogen-bond acceptors (Lipinski definition) is 3. The van der Waals surface area contributed by atoms with Gasteiger partial charge in [0.05, 0.1) is 0 Å². The largest absolute Gasteiger partial charge is 0.407 e. The number of benzene rings is 1. The molecule has 2 aromatic rings. The highest BCUT2D eigenvalue weighted by Crippen LogP contribution is 2.30. The van der Waals surface area contributed by atoms with Gasteiger partial charge in [0.25, 0.3) is 5.56 Å². The molecule has 1 heterocycles. The molecule has 1 aromatic heterocycles. The number of nitrogens with zero attached hydrogens (tertiary/aromatic N) is 1. The number of aryl methyl sites for hydroxylation is 3. The van der Waals surface area contributed by atoms with Crippen molar-refractivity contribution >= 4 is 12.6 Å². The Bertz CT molecular complexity index is 682. The summed E-state index contributed by atoms with van der Waals surface area (Å²) in [5.41, 5.74) is 6.78. The molecule has 0 amide bonds. The molecule has 0 aliphatic rings. The van der Waals surface area contributed by atoms with E-state index in [-0.39, 0.29) is 11.1 Å². The van der Waals surface area contributed by atoms with Crippen LogP contribution in [0, 0.1) is 13.8 Å². The van der Waals surface area contributed by atoms with Crippen LogP contribution in [-0.4, -0.2) is 10.7 Å². The van der Waals surface area contributed by atoms with Gasteiger partial charge in [-0.1, -0.05) is 29.8 Å². The summed E-state index contributed by atoms with van der Waals surface area (Å²) in [4.78, 5) is 11.9. The van der Waals surface area contributed by atoms with Gasteiger partial charge in [0.15, 0.2) is 0 Å². The summed E-state index contributed by atoms with van der Waals surface area (Å²) < 4.78 is 37.9. The molecule has 0 bridgehead atoms. The maximum absolute atomic E-state index is 12.1. The van der Waals surface area contributed by atoms with Crippen LogP contribution in [0.1, 0.15) is 22.7 Å². The van der Waals surface area contributed by atoms with Crippen molar-refractivity contribution in [3.05, 3.63) is 63.6 Å². The van der Waals surface area contributed by atoms with Crippen molar-refractivity contribution in [1.29, 1.82) is 0 Å². The summed E-state index contributed by atoms with van der Waals surface area (Å²) in [5.74, 6) is 0. The van der Waals surface area contributed by atoms with Crippen molar-refractivity contribution < 1.29 is 13.2 Å². The van der Waals surface area contributed by atoms with Gasteiger partial charge in [-0.25, -0.2) is 0 Å². The van der Waals surface area contributed by atoms with E-state index in [0.717, 1.165) is 16.0 Å². The molecular weight excluding hydrogens is 325 g/mol. The topological polar surface area (TPSA) is 48.0 Å². The molecule has 0 spiro atoms. The quantitative estimate of drug-likeness (QED) is 0.778. The average molecular weight is 344 g/mol. The molecule has 1 atom stereocenters. The van der Waals surface area contributed by atoms with E-state index in [1.165, 1.54) is 16.7 Å². The lowest BCUT2D eigenvalue weighted by Gasteiger charge is -2.15. The highest BCUT2D eigenvalue weighted by atomic mass is 32.1. The van der Waals surface area contributed by atoms with Crippen molar-refractivity contribution in [3.8, 4) is 0 Å². The molecule has 0 fully saturated rings. The first kappa shape index (κ1) is 19.3. The molecule has 23 heavy (non-hydrogen) atoms. The Hall–Kier alpha value is -1.73. The van der Waals surface area contributed by atoms with Gasteiger partial charge in [-0.3, -0.25) is 4.79 Å². The molecule has 0 unspecified atom stereocenters. The second kappa shape index (κ2) is 7.70. The Balaban J connectivity index is 0.000000238. The lowest BCUT2D eigenvalue weighted by Crippen LogP contribution is -2.28. The van der Waals surface area contributed by atoms with E-state index in [1.54, 1.807) is 38.4 Å². The molecule has 0 saturated carbocycles. The first-order valence-electron chi connectivity index (χ1n) is 6.77. The van der Waals surface area contributed by atoms with Crippen LogP contribution < -0.4 is 11.3 Å². The Morgan fingerprint density at radius 3 is 2.13 bits per heavy atom. The minimum absolute atomic E-state index is 0.0396. The number of pyridine rings is 1. The molecule has 1 aromatic carbocycles. The number of aromatic nitrogens is 1. The summed E-state index contributed by atoms with van der Waals surface area (Å²) >= 11 is 4.11. The number of thiol groups is 1. The van der Waals surface area contributed by atoms with Gasteiger partial charge in [0.2, 0.25) is 0 Å². The van der Waals surface area contributed by atoms with Crippen molar-refractivity contribution in [3.63, 3.8) is 0 Å². The van der Waals surface area contributed by atoms with Gasteiger partial charge in [0.1, 0.15) is 6.04 Å². The van der Waals surface area contributed by atoms with Gasteiger partial charge in [0, 0.05) is 23.7 Å². The average Bonchev–Trinajstić information content (AvgIpc) is 2.44. The minimum Gasteiger partial charge on any atom is -0.317 e. The second-order valence-corrected chi connectivity index (χ2v) is 5.74. The fourth-order valence-corrected chi connectivity index (χ4v) is 2.19. The Kier molecular flexibility index (Phi) is 6.47. The highest BCUT2D eigenvalue weighted by molar-refractivity contribution is 7.80. The maximum atomic E-state index is 12.1.